The minimum absolute atomic E-state index is 0.0715. The topological polar surface area (TPSA) is 63.5 Å². The van der Waals surface area contributed by atoms with E-state index in [9.17, 15) is 9.90 Å². The van der Waals surface area contributed by atoms with E-state index in [-0.39, 0.29) is 16.9 Å². The third-order valence-corrected chi connectivity index (χ3v) is 4.87. The average molecular weight is 334 g/mol. The Hall–Kier alpha value is -1.79. The van der Waals surface area contributed by atoms with Crippen LogP contribution in [0.1, 0.15) is 24.8 Å². The van der Waals surface area contributed by atoms with E-state index in [1.807, 2.05) is 12.1 Å². The maximum absolute atomic E-state index is 11.5. The SMILES string of the molecule is O=c1scc(O)n1CCCCNCC1CCc2ccccc2O1. The first kappa shape index (κ1) is 16.1. The first-order valence-electron chi connectivity index (χ1n) is 8.06. The quantitative estimate of drug-likeness (QED) is 0.763. The van der Waals surface area contributed by atoms with Crippen LogP contribution < -0.4 is 14.9 Å². The molecule has 0 saturated carbocycles. The Morgan fingerprint density at radius 2 is 2.22 bits per heavy atom. The molecule has 2 heterocycles. The normalized spacial score (nSPS) is 16.8. The second-order valence-corrected chi connectivity index (χ2v) is 6.63. The molecule has 6 heteroatoms. The van der Waals surface area contributed by atoms with E-state index in [4.69, 9.17) is 4.74 Å². The summed E-state index contributed by atoms with van der Waals surface area (Å²) in [5, 5.41) is 14.4. The summed E-state index contributed by atoms with van der Waals surface area (Å²) in [5.74, 6) is 1.08. The molecule has 0 fully saturated rings. The predicted octanol–water partition coefficient (Wildman–Crippen LogP) is 2.38. The van der Waals surface area contributed by atoms with E-state index < -0.39 is 0 Å². The molecule has 23 heavy (non-hydrogen) atoms. The van der Waals surface area contributed by atoms with Crippen molar-refractivity contribution >= 4 is 11.3 Å². The third-order valence-electron chi connectivity index (χ3n) is 4.12. The smallest absolute Gasteiger partial charge is 0.309 e. The maximum atomic E-state index is 11.5. The van der Waals surface area contributed by atoms with Crippen molar-refractivity contribution < 1.29 is 9.84 Å². The molecule has 0 radical (unpaired) electrons. The highest BCUT2D eigenvalue weighted by molar-refractivity contribution is 7.07. The number of aromatic nitrogens is 1. The van der Waals surface area contributed by atoms with Gasteiger partial charge in [-0.25, -0.2) is 0 Å². The van der Waals surface area contributed by atoms with E-state index in [1.165, 1.54) is 15.5 Å². The Kier molecular flexibility index (Phi) is 5.35. The molecule has 5 nitrogen and oxygen atoms in total. The first-order valence-corrected chi connectivity index (χ1v) is 8.94. The van der Waals surface area contributed by atoms with Gasteiger partial charge in [0.1, 0.15) is 11.9 Å². The molecule has 0 bridgehead atoms. The Morgan fingerprint density at radius 1 is 1.35 bits per heavy atom. The molecule has 1 aliphatic heterocycles. The molecular formula is C17H22N2O3S. The highest BCUT2D eigenvalue weighted by Crippen LogP contribution is 2.26. The van der Waals surface area contributed by atoms with Gasteiger partial charge >= 0.3 is 4.87 Å². The highest BCUT2D eigenvalue weighted by Gasteiger charge is 2.18. The van der Waals surface area contributed by atoms with Crippen LogP contribution >= 0.6 is 11.3 Å². The van der Waals surface area contributed by atoms with Gasteiger partial charge in [-0.2, -0.15) is 0 Å². The fraction of sp³-hybridized carbons (Fsp3) is 0.471. The van der Waals surface area contributed by atoms with Crippen LogP contribution in [0.15, 0.2) is 34.4 Å². The number of hydrogen-bond donors (Lipinski definition) is 2. The van der Waals surface area contributed by atoms with Crippen LogP contribution in [0.2, 0.25) is 0 Å². The number of rotatable bonds is 7. The van der Waals surface area contributed by atoms with Crippen molar-refractivity contribution in [1.82, 2.24) is 9.88 Å². The standard InChI is InChI=1S/C17H22N2O3S/c20-16-12-23-17(21)19(16)10-4-3-9-18-11-14-8-7-13-5-1-2-6-15(13)22-14/h1-2,5-6,12,14,18,20H,3-4,7-11H2. The van der Waals surface area contributed by atoms with E-state index in [0.717, 1.165) is 55.9 Å². The van der Waals surface area contributed by atoms with Crippen molar-refractivity contribution in [2.24, 2.45) is 0 Å². The number of nitrogens with one attached hydrogen (secondary N) is 1. The summed E-state index contributed by atoms with van der Waals surface area (Å²) in [5.41, 5.74) is 1.30. The number of ether oxygens (including phenoxy) is 1. The second-order valence-electron chi connectivity index (χ2n) is 5.81. The van der Waals surface area contributed by atoms with E-state index in [1.54, 1.807) is 0 Å². The molecule has 0 amide bonds. The lowest BCUT2D eigenvalue weighted by Gasteiger charge is -2.26. The molecule has 1 unspecified atom stereocenters. The van der Waals surface area contributed by atoms with Crippen LogP contribution in [0, 0.1) is 0 Å². The Bertz CT molecular complexity index is 695. The Labute approximate surface area is 139 Å². The summed E-state index contributed by atoms with van der Waals surface area (Å²) in [6, 6.07) is 8.22. The number of hydrogen-bond acceptors (Lipinski definition) is 5. The lowest BCUT2D eigenvalue weighted by molar-refractivity contribution is 0.170. The number of aromatic hydroxyl groups is 1. The van der Waals surface area contributed by atoms with Gasteiger partial charge in [-0.1, -0.05) is 29.5 Å². The molecule has 1 aliphatic rings. The van der Waals surface area contributed by atoms with Crippen molar-refractivity contribution in [1.29, 1.82) is 0 Å². The molecule has 0 aliphatic carbocycles. The minimum atomic E-state index is -0.0928. The van der Waals surface area contributed by atoms with E-state index in [2.05, 4.69) is 17.4 Å². The van der Waals surface area contributed by atoms with Gasteiger partial charge in [0.2, 0.25) is 5.88 Å². The first-order chi connectivity index (χ1) is 11.2. The molecule has 1 aromatic carbocycles. The number of thiazole rings is 1. The van der Waals surface area contributed by atoms with Gasteiger partial charge in [-0.15, -0.1) is 0 Å². The Morgan fingerprint density at radius 3 is 3.04 bits per heavy atom. The molecule has 0 saturated heterocycles. The van der Waals surface area contributed by atoms with Crippen LogP contribution in [0.25, 0.3) is 0 Å². The van der Waals surface area contributed by atoms with Gasteiger partial charge in [0.05, 0.1) is 5.38 Å². The summed E-state index contributed by atoms with van der Waals surface area (Å²) >= 11 is 1.04. The molecule has 2 N–H and O–H groups in total. The number of unbranched alkanes of at least 4 members (excludes halogenated alkanes) is 1. The fourth-order valence-electron chi connectivity index (χ4n) is 2.84. The molecule has 124 valence electrons. The number of para-hydroxylation sites is 1. The van der Waals surface area contributed by atoms with Gasteiger partial charge in [-0.3, -0.25) is 9.36 Å². The summed E-state index contributed by atoms with van der Waals surface area (Å²) in [4.78, 5) is 11.4. The van der Waals surface area contributed by atoms with Crippen LogP contribution in [0.3, 0.4) is 0 Å². The van der Waals surface area contributed by atoms with Gasteiger partial charge in [0.25, 0.3) is 0 Å². The van der Waals surface area contributed by atoms with Crippen molar-refractivity contribution in [3.8, 4) is 11.6 Å². The Balaban J connectivity index is 1.33. The number of nitrogens with zero attached hydrogens (tertiary/aromatic N) is 1. The van der Waals surface area contributed by atoms with Crippen LogP contribution in [-0.2, 0) is 13.0 Å². The average Bonchev–Trinajstić information content (AvgIpc) is 2.89. The van der Waals surface area contributed by atoms with Gasteiger partial charge < -0.3 is 15.2 Å². The summed E-state index contributed by atoms with van der Waals surface area (Å²) < 4.78 is 7.41. The molecule has 0 spiro atoms. The number of fused-ring (bicyclic) bond motifs is 1. The highest BCUT2D eigenvalue weighted by atomic mass is 32.1. The van der Waals surface area contributed by atoms with Gasteiger partial charge in [-0.05, 0) is 43.9 Å². The molecule has 3 rings (SSSR count). The zero-order valence-corrected chi connectivity index (χ0v) is 13.8. The minimum Gasteiger partial charge on any atom is -0.494 e. The van der Waals surface area contributed by atoms with Crippen LogP contribution in [-0.4, -0.2) is 28.9 Å². The number of aryl methyl sites for hydroxylation is 1. The van der Waals surface area contributed by atoms with Crippen LogP contribution in [0.5, 0.6) is 11.6 Å². The van der Waals surface area contributed by atoms with E-state index in [0.29, 0.717) is 6.54 Å². The lowest BCUT2D eigenvalue weighted by atomic mass is 10.0. The molecule has 1 atom stereocenters. The third kappa shape index (κ3) is 4.14. The largest absolute Gasteiger partial charge is 0.494 e. The van der Waals surface area contributed by atoms with Gasteiger partial charge in [0, 0.05) is 13.1 Å². The summed E-state index contributed by atoms with van der Waals surface area (Å²) in [6.45, 7) is 2.31. The summed E-state index contributed by atoms with van der Waals surface area (Å²) in [6.07, 6.45) is 4.18. The molecule has 1 aromatic heterocycles. The van der Waals surface area contributed by atoms with Crippen molar-refractivity contribution in [2.45, 2.75) is 38.3 Å². The monoisotopic (exact) mass is 334 g/mol. The van der Waals surface area contributed by atoms with Crippen molar-refractivity contribution in [3.05, 3.63) is 44.9 Å². The maximum Gasteiger partial charge on any atom is 0.309 e. The lowest BCUT2D eigenvalue weighted by Crippen LogP contribution is -2.34. The summed E-state index contributed by atoms with van der Waals surface area (Å²) in [7, 11) is 0. The van der Waals surface area contributed by atoms with Crippen molar-refractivity contribution in [2.75, 3.05) is 13.1 Å². The fourth-order valence-corrected chi connectivity index (χ4v) is 3.48. The van der Waals surface area contributed by atoms with E-state index >= 15 is 0 Å². The molecular weight excluding hydrogens is 312 g/mol. The van der Waals surface area contributed by atoms with Crippen LogP contribution in [0.4, 0.5) is 0 Å². The van der Waals surface area contributed by atoms with Crippen molar-refractivity contribution in [3.63, 3.8) is 0 Å². The zero-order chi connectivity index (χ0) is 16.1. The number of benzene rings is 1. The predicted molar refractivity (Wildman–Crippen MR) is 91.5 cm³/mol. The zero-order valence-electron chi connectivity index (χ0n) is 13.0. The second kappa shape index (κ2) is 7.66. The van der Waals surface area contributed by atoms with Gasteiger partial charge in [0.15, 0.2) is 0 Å². The molecule has 2 aromatic rings.